The first-order valence-electron chi connectivity index (χ1n) is 10.6. The third kappa shape index (κ3) is 6.02. The highest BCUT2D eigenvalue weighted by Crippen LogP contribution is 2.55. The van der Waals surface area contributed by atoms with Crippen molar-refractivity contribution in [1.82, 2.24) is 0 Å². The lowest BCUT2D eigenvalue weighted by Gasteiger charge is -2.45. The number of hydrogen-bond acceptors (Lipinski definition) is 6. The lowest BCUT2D eigenvalue weighted by molar-refractivity contribution is -0.167. The van der Waals surface area contributed by atoms with E-state index in [1.54, 1.807) is 0 Å². The third-order valence-corrected chi connectivity index (χ3v) is 8.54. The van der Waals surface area contributed by atoms with Crippen molar-refractivity contribution in [2.24, 2.45) is 0 Å². The first-order chi connectivity index (χ1) is 14.7. The quantitative estimate of drug-likeness (QED) is 0.541. The summed E-state index contributed by atoms with van der Waals surface area (Å²) in [6.45, 7) is 2.45. The van der Waals surface area contributed by atoms with E-state index in [9.17, 15) is 5.11 Å². The van der Waals surface area contributed by atoms with Gasteiger partial charge in [0.1, 0.15) is 0 Å². The molecular formula is C24H30O4S2. The molecule has 162 valence electrons. The second kappa shape index (κ2) is 10.5. The van der Waals surface area contributed by atoms with Gasteiger partial charge in [0.2, 0.25) is 0 Å². The number of aliphatic hydroxyl groups is 1. The van der Waals surface area contributed by atoms with Gasteiger partial charge in [0.15, 0.2) is 5.79 Å². The van der Waals surface area contributed by atoms with Gasteiger partial charge < -0.3 is 19.3 Å². The average Bonchev–Trinajstić information content (AvgIpc) is 3.19. The molecule has 0 unspecified atom stereocenters. The Labute approximate surface area is 187 Å². The average molecular weight is 447 g/mol. The molecule has 2 heterocycles. The second-order valence-corrected chi connectivity index (χ2v) is 11.1. The van der Waals surface area contributed by atoms with E-state index in [1.807, 2.05) is 47.8 Å². The lowest BCUT2D eigenvalue weighted by atomic mass is 10.0. The number of thioether (sulfide) groups is 2. The highest BCUT2D eigenvalue weighted by atomic mass is 32.2. The molecule has 1 spiro atoms. The molecule has 30 heavy (non-hydrogen) atoms. The fourth-order valence-corrected chi connectivity index (χ4v) is 7.55. The van der Waals surface area contributed by atoms with Crippen LogP contribution in [0.5, 0.6) is 0 Å². The van der Waals surface area contributed by atoms with Crippen LogP contribution in [0.15, 0.2) is 65.6 Å². The predicted molar refractivity (Wildman–Crippen MR) is 123 cm³/mol. The molecule has 0 bridgehead atoms. The van der Waals surface area contributed by atoms with Gasteiger partial charge in [0, 0.05) is 24.3 Å². The van der Waals surface area contributed by atoms with Crippen molar-refractivity contribution < 1.29 is 19.3 Å². The molecule has 1 N–H and O–H groups in total. The molecule has 0 saturated carbocycles. The molecule has 0 aromatic heterocycles. The van der Waals surface area contributed by atoms with Gasteiger partial charge in [0.05, 0.1) is 30.0 Å². The standard InChI is InChI=1S/C24H30O4S2/c25-21(11-13-26-18-20-7-3-1-4-8-20)17-24(30-22-9-5-2-6-10-22)19-23(12-16-29-24)27-14-15-28-23/h1-10,21,25H,11-19H2/t21-,24+/m0/s1. The molecule has 0 amide bonds. The van der Waals surface area contributed by atoms with Gasteiger partial charge in [-0.15, -0.1) is 23.5 Å². The molecule has 2 atom stereocenters. The molecule has 4 rings (SSSR count). The van der Waals surface area contributed by atoms with Crippen molar-refractivity contribution in [1.29, 1.82) is 0 Å². The Morgan fingerprint density at radius 2 is 1.73 bits per heavy atom. The second-order valence-electron chi connectivity index (χ2n) is 7.89. The predicted octanol–water partition coefficient (Wildman–Crippen LogP) is 5.10. The molecule has 0 aliphatic carbocycles. The van der Waals surface area contributed by atoms with Crippen molar-refractivity contribution in [2.75, 3.05) is 25.6 Å². The van der Waals surface area contributed by atoms with Crippen LogP contribution < -0.4 is 0 Å². The molecule has 2 aromatic carbocycles. The maximum atomic E-state index is 10.9. The Balaban J connectivity index is 1.36. The van der Waals surface area contributed by atoms with Crippen molar-refractivity contribution >= 4 is 23.5 Å². The van der Waals surface area contributed by atoms with Crippen LogP contribution in [0.4, 0.5) is 0 Å². The zero-order chi connectivity index (χ0) is 20.7. The van der Waals surface area contributed by atoms with Crippen LogP contribution in [0.25, 0.3) is 0 Å². The van der Waals surface area contributed by atoms with E-state index in [0.29, 0.717) is 39.3 Å². The van der Waals surface area contributed by atoms with Crippen LogP contribution in [0.3, 0.4) is 0 Å². The highest BCUT2D eigenvalue weighted by molar-refractivity contribution is 8.18. The van der Waals surface area contributed by atoms with Gasteiger partial charge in [-0.05, 0) is 36.3 Å². The normalized spacial score (nSPS) is 24.2. The molecule has 2 saturated heterocycles. The molecule has 6 heteroatoms. The number of rotatable bonds is 9. The number of hydrogen-bond donors (Lipinski definition) is 1. The summed E-state index contributed by atoms with van der Waals surface area (Å²) in [6.07, 6.45) is 2.57. The van der Waals surface area contributed by atoms with E-state index < -0.39 is 11.9 Å². The summed E-state index contributed by atoms with van der Waals surface area (Å²) >= 11 is 3.77. The summed E-state index contributed by atoms with van der Waals surface area (Å²) in [6, 6.07) is 20.6. The van der Waals surface area contributed by atoms with Crippen LogP contribution >= 0.6 is 23.5 Å². The summed E-state index contributed by atoms with van der Waals surface area (Å²) in [5.74, 6) is 0.480. The Morgan fingerprint density at radius 3 is 2.47 bits per heavy atom. The minimum Gasteiger partial charge on any atom is -0.393 e. The number of benzene rings is 2. The zero-order valence-electron chi connectivity index (χ0n) is 17.2. The van der Waals surface area contributed by atoms with Crippen LogP contribution in [0.1, 0.15) is 31.2 Å². The summed E-state index contributed by atoms with van der Waals surface area (Å²) in [4.78, 5) is 1.22. The highest BCUT2D eigenvalue weighted by Gasteiger charge is 2.50. The van der Waals surface area contributed by atoms with E-state index in [0.717, 1.165) is 24.2 Å². The van der Waals surface area contributed by atoms with Crippen molar-refractivity contribution in [3.63, 3.8) is 0 Å². The monoisotopic (exact) mass is 446 g/mol. The van der Waals surface area contributed by atoms with E-state index in [4.69, 9.17) is 14.2 Å². The van der Waals surface area contributed by atoms with Gasteiger partial charge in [0.25, 0.3) is 0 Å². The van der Waals surface area contributed by atoms with Crippen LogP contribution in [-0.2, 0) is 20.8 Å². The summed E-state index contributed by atoms with van der Waals surface area (Å²) in [5.41, 5.74) is 1.16. The van der Waals surface area contributed by atoms with Gasteiger partial charge in [-0.3, -0.25) is 0 Å². The molecule has 0 radical (unpaired) electrons. The van der Waals surface area contributed by atoms with E-state index in [-0.39, 0.29) is 4.08 Å². The van der Waals surface area contributed by atoms with Crippen LogP contribution in [-0.4, -0.2) is 46.7 Å². The van der Waals surface area contributed by atoms with Gasteiger partial charge >= 0.3 is 0 Å². The maximum absolute atomic E-state index is 10.9. The summed E-state index contributed by atoms with van der Waals surface area (Å²) in [7, 11) is 0. The molecule has 2 aliphatic heterocycles. The van der Waals surface area contributed by atoms with Crippen molar-refractivity contribution in [2.45, 2.75) is 53.2 Å². The van der Waals surface area contributed by atoms with E-state index in [1.165, 1.54) is 4.90 Å². The van der Waals surface area contributed by atoms with Crippen molar-refractivity contribution in [3.8, 4) is 0 Å². The third-order valence-electron chi connectivity index (χ3n) is 5.50. The Morgan fingerprint density at radius 1 is 1.03 bits per heavy atom. The zero-order valence-corrected chi connectivity index (χ0v) is 18.8. The van der Waals surface area contributed by atoms with Gasteiger partial charge in [-0.2, -0.15) is 0 Å². The topological polar surface area (TPSA) is 47.9 Å². The Kier molecular flexibility index (Phi) is 7.79. The van der Waals surface area contributed by atoms with Crippen LogP contribution in [0, 0.1) is 0 Å². The minimum absolute atomic E-state index is 0.178. The molecule has 4 nitrogen and oxygen atoms in total. The molecule has 2 aliphatic rings. The largest absolute Gasteiger partial charge is 0.393 e. The Bertz CT molecular complexity index is 767. The fourth-order valence-electron chi connectivity index (χ4n) is 4.07. The van der Waals surface area contributed by atoms with E-state index >= 15 is 0 Å². The molecule has 2 aromatic rings. The maximum Gasteiger partial charge on any atom is 0.171 e. The molecule has 2 fully saturated rings. The van der Waals surface area contributed by atoms with Gasteiger partial charge in [-0.25, -0.2) is 0 Å². The minimum atomic E-state index is -0.490. The first kappa shape index (κ1) is 22.2. The summed E-state index contributed by atoms with van der Waals surface area (Å²) in [5, 5.41) is 10.9. The summed E-state index contributed by atoms with van der Waals surface area (Å²) < 4.78 is 17.7. The SMILES string of the molecule is O[C@@H](CCOCc1ccccc1)C[C@@]1(Sc2ccccc2)CC2(CCS1)OCCO2. The number of aliphatic hydroxyl groups excluding tert-OH is 1. The molecular weight excluding hydrogens is 416 g/mol. The van der Waals surface area contributed by atoms with Crippen molar-refractivity contribution in [3.05, 3.63) is 66.2 Å². The fraction of sp³-hybridized carbons (Fsp3) is 0.500. The van der Waals surface area contributed by atoms with Gasteiger partial charge in [-0.1, -0.05) is 48.5 Å². The smallest absolute Gasteiger partial charge is 0.171 e. The number of ether oxygens (including phenoxy) is 3. The Hall–Kier alpha value is -1.02. The van der Waals surface area contributed by atoms with E-state index in [2.05, 4.69) is 36.4 Å². The first-order valence-corrected chi connectivity index (χ1v) is 12.4. The lowest BCUT2D eigenvalue weighted by Crippen LogP contribution is -2.45. The van der Waals surface area contributed by atoms with Crippen LogP contribution in [0.2, 0.25) is 0 Å².